The summed E-state index contributed by atoms with van der Waals surface area (Å²) in [5.41, 5.74) is -1.52. The van der Waals surface area contributed by atoms with Gasteiger partial charge in [-0.15, -0.1) is 0 Å². The quantitative estimate of drug-likeness (QED) is 0.400. The number of carbonyl (C=O) groups is 2. The molecule has 0 bridgehead atoms. The molecule has 27 heavy (non-hydrogen) atoms. The van der Waals surface area contributed by atoms with Crippen molar-refractivity contribution in [3.63, 3.8) is 0 Å². The number of phenols is 1. The Bertz CT molecular complexity index is 730. The zero-order chi connectivity index (χ0) is 20.2. The van der Waals surface area contributed by atoms with Crippen LogP contribution in [0.1, 0.15) is 18.4 Å². The number of phenolic OH excluding ortho intramolecular Hbond substituents is 1. The first-order valence-electron chi connectivity index (χ1n) is 8.13. The van der Waals surface area contributed by atoms with E-state index in [1.807, 2.05) is 0 Å². The molecule has 4 unspecified atom stereocenters. The first-order chi connectivity index (χ1) is 12.7. The number of ether oxygens (including phenoxy) is 3. The summed E-state index contributed by atoms with van der Waals surface area (Å²) in [6.45, 7) is 0. The van der Waals surface area contributed by atoms with Gasteiger partial charge in [0.25, 0.3) is 0 Å². The van der Waals surface area contributed by atoms with Crippen molar-refractivity contribution in [2.24, 2.45) is 0 Å². The van der Waals surface area contributed by atoms with Crippen molar-refractivity contribution in [2.75, 3.05) is 14.2 Å². The maximum Gasteiger partial charge on any atom is 0.338 e. The smallest absolute Gasteiger partial charge is 0.338 e. The van der Waals surface area contributed by atoms with Gasteiger partial charge in [-0.3, -0.25) is 0 Å². The van der Waals surface area contributed by atoms with E-state index in [0.717, 1.165) is 13.2 Å². The van der Waals surface area contributed by atoms with E-state index >= 15 is 0 Å². The predicted octanol–water partition coefficient (Wildman–Crippen LogP) is -0.255. The van der Waals surface area contributed by atoms with Crippen LogP contribution in [0.25, 0.3) is 6.08 Å². The summed E-state index contributed by atoms with van der Waals surface area (Å²) in [5.74, 6) is -1.67. The van der Waals surface area contributed by atoms with Crippen LogP contribution in [0.15, 0.2) is 24.3 Å². The topological polar surface area (TPSA) is 143 Å². The van der Waals surface area contributed by atoms with Crippen molar-refractivity contribution < 1.29 is 44.2 Å². The maximum atomic E-state index is 12.0. The van der Waals surface area contributed by atoms with Crippen LogP contribution in [0.2, 0.25) is 0 Å². The molecule has 9 nitrogen and oxygen atoms in total. The van der Waals surface area contributed by atoms with E-state index < -0.39 is 48.7 Å². The second-order valence-corrected chi connectivity index (χ2v) is 6.23. The van der Waals surface area contributed by atoms with E-state index in [4.69, 9.17) is 9.47 Å². The molecule has 2 rings (SSSR count). The molecular weight excluding hydrogens is 360 g/mol. The Hall–Kier alpha value is -2.62. The molecule has 0 aliphatic heterocycles. The molecular formula is C18H22O9. The lowest BCUT2D eigenvalue weighted by atomic mass is 9.79. The SMILES string of the molecule is COC(=O)C1(O)CC(O)C(O)C(OC(=O)C=Cc2ccc(O)c(OC)c2)C1. The number of aliphatic hydroxyl groups excluding tert-OH is 2. The highest BCUT2D eigenvalue weighted by Gasteiger charge is 2.50. The van der Waals surface area contributed by atoms with E-state index in [1.54, 1.807) is 0 Å². The Labute approximate surface area is 155 Å². The molecule has 1 aliphatic rings. The number of benzene rings is 1. The van der Waals surface area contributed by atoms with Gasteiger partial charge in [0.15, 0.2) is 17.1 Å². The largest absolute Gasteiger partial charge is 0.504 e. The molecule has 0 spiro atoms. The summed E-state index contributed by atoms with van der Waals surface area (Å²) >= 11 is 0. The van der Waals surface area contributed by atoms with Crippen LogP contribution in [-0.2, 0) is 19.1 Å². The minimum absolute atomic E-state index is 0.0568. The number of hydrogen-bond donors (Lipinski definition) is 4. The molecule has 4 N–H and O–H groups in total. The lowest BCUT2D eigenvalue weighted by Crippen LogP contribution is -2.57. The molecule has 4 atom stereocenters. The number of aromatic hydroxyl groups is 1. The van der Waals surface area contributed by atoms with E-state index in [9.17, 15) is 30.0 Å². The molecule has 0 amide bonds. The maximum absolute atomic E-state index is 12.0. The molecule has 0 radical (unpaired) electrons. The van der Waals surface area contributed by atoms with Gasteiger partial charge >= 0.3 is 11.9 Å². The highest BCUT2D eigenvalue weighted by atomic mass is 16.6. The molecule has 9 heteroatoms. The third kappa shape index (κ3) is 4.76. The molecule has 148 valence electrons. The fraction of sp³-hybridized carbons (Fsp3) is 0.444. The van der Waals surface area contributed by atoms with Crippen LogP contribution in [0.5, 0.6) is 11.5 Å². The summed E-state index contributed by atoms with van der Waals surface area (Å²) in [4.78, 5) is 23.7. The minimum Gasteiger partial charge on any atom is -0.504 e. The number of methoxy groups -OCH3 is 2. The first kappa shape index (κ1) is 20.7. The molecule has 1 saturated carbocycles. The van der Waals surface area contributed by atoms with Crippen molar-refractivity contribution in [1.82, 2.24) is 0 Å². The van der Waals surface area contributed by atoms with Gasteiger partial charge in [-0.2, -0.15) is 0 Å². The highest BCUT2D eigenvalue weighted by Crippen LogP contribution is 2.32. The van der Waals surface area contributed by atoms with E-state index in [1.165, 1.54) is 31.4 Å². The molecule has 1 aromatic carbocycles. The number of rotatable bonds is 5. The van der Waals surface area contributed by atoms with Gasteiger partial charge in [0.1, 0.15) is 12.2 Å². The van der Waals surface area contributed by atoms with E-state index in [2.05, 4.69) is 4.74 Å². The average Bonchev–Trinajstić information content (AvgIpc) is 2.64. The van der Waals surface area contributed by atoms with Gasteiger partial charge in [0.2, 0.25) is 0 Å². The monoisotopic (exact) mass is 382 g/mol. The number of aliphatic hydroxyl groups is 3. The summed E-state index contributed by atoms with van der Waals surface area (Å²) in [7, 11) is 2.46. The Morgan fingerprint density at radius 3 is 2.56 bits per heavy atom. The summed E-state index contributed by atoms with van der Waals surface area (Å²) in [6.07, 6.45) is -2.61. The Kier molecular flexibility index (Phi) is 6.42. The zero-order valence-electron chi connectivity index (χ0n) is 14.9. The van der Waals surface area contributed by atoms with Gasteiger partial charge in [-0.05, 0) is 23.8 Å². The Balaban J connectivity index is 2.08. The second kappa shape index (κ2) is 8.38. The van der Waals surface area contributed by atoms with Crippen LogP contribution < -0.4 is 4.74 Å². The molecule has 1 aromatic rings. The van der Waals surface area contributed by atoms with Gasteiger partial charge in [-0.25, -0.2) is 9.59 Å². The van der Waals surface area contributed by atoms with Crippen molar-refractivity contribution >= 4 is 18.0 Å². The molecule has 1 aliphatic carbocycles. The van der Waals surface area contributed by atoms with Crippen LogP contribution in [0.3, 0.4) is 0 Å². The fourth-order valence-electron chi connectivity index (χ4n) is 2.87. The predicted molar refractivity (Wildman–Crippen MR) is 91.8 cm³/mol. The summed E-state index contributed by atoms with van der Waals surface area (Å²) in [6, 6.07) is 4.42. The standard InChI is InChI=1S/C18H22O9/c1-25-13-7-10(3-5-11(13)19)4-6-15(21)27-14-9-18(24,17(23)26-2)8-12(20)16(14)22/h3-7,12,14,16,19-20,22,24H,8-9H2,1-2H3. The summed E-state index contributed by atoms with van der Waals surface area (Å²) < 4.78 is 14.5. The third-order valence-electron chi connectivity index (χ3n) is 4.31. The van der Waals surface area contributed by atoms with Crippen LogP contribution >= 0.6 is 0 Å². The average molecular weight is 382 g/mol. The lowest BCUT2D eigenvalue weighted by molar-refractivity contribution is -0.198. The Morgan fingerprint density at radius 2 is 1.93 bits per heavy atom. The van der Waals surface area contributed by atoms with Crippen LogP contribution in [0.4, 0.5) is 0 Å². The number of hydrogen-bond acceptors (Lipinski definition) is 9. The number of carbonyl (C=O) groups excluding carboxylic acids is 2. The lowest BCUT2D eigenvalue weighted by Gasteiger charge is -2.39. The van der Waals surface area contributed by atoms with Crippen LogP contribution in [0, 0.1) is 0 Å². The first-order valence-corrected chi connectivity index (χ1v) is 8.13. The molecule has 0 saturated heterocycles. The van der Waals surface area contributed by atoms with Gasteiger partial charge in [0.05, 0.1) is 20.3 Å². The van der Waals surface area contributed by atoms with Crippen molar-refractivity contribution in [3.05, 3.63) is 29.8 Å². The third-order valence-corrected chi connectivity index (χ3v) is 4.31. The zero-order valence-corrected chi connectivity index (χ0v) is 14.9. The van der Waals surface area contributed by atoms with Crippen LogP contribution in [-0.4, -0.2) is 70.5 Å². The van der Waals surface area contributed by atoms with Gasteiger partial charge in [0, 0.05) is 18.9 Å². The normalized spacial score (nSPS) is 28.0. The van der Waals surface area contributed by atoms with Gasteiger partial charge in [-0.1, -0.05) is 6.07 Å². The van der Waals surface area contributed by atoms with Crippen molar-refractivity contribution in [3.8, 4) is 11.5 Å². The number of esters is 2. The van der Waals surface area contributed by atoms with Crippen molar-refractivity contribution in [1.29, 1.82) is 0 Å². The minimum atomic E-state index is -2.06. The molecule has 1 fully saturated rings. The Morgan fingerprint density at radius 1 is 1.22 bits per heavy atom. The highest BCUT2D eigenvalue weighted by molar-refractivity contribution is 5.87. The molecule has 0 aromatic heterocycles. The van der Waals surface area contributed by atoms with E-state index in [0.29, 0.717) is 5.56 Å². The molecule has 0 heterocycles. The summed E-state index contributed by atoms with van der Waals surface area (Å²) in [5, 5.41) is 39.7. The fourth-order valence-corrected chi connectivity index (χ4v) is 2.87. The van der Waals surface area contributed by atoms with E-state index in [-0.39, 0.29) is 11.5 Å². The van der Waals surface area contributed by atoms with Crippen molar-refractivity contribution in [2.45, 2.75) is 36.8 Å². The second-order valence-electron chi connectivity index (χ2n) is 6.23. The van der Waals surface area contributed by atoms with Gasteiger partial charge < -0.3 is 34.6 Å².